The first-order valence-corrected chi connectivity index (χ1v) is 6.51. The van der Waals surface area contributed by atoms with Gasteiger partial charge in [0.15, 0.2) is 0 Å². The molecule has 0 spiro atoms. The number of halogens is 1. The second-order valence-corrected chi connectivity index (χ2v) is 5.83. The Hall–Kier alpha value is -1.61. The third-order valence-corrected chi connectivity index (χ3v) is 3.27. The lowest BCUT2D eigenvalue weighted by Crippen LogP contribution is -2.10. The molecule has 2 rings (SSSR count). The van der Waals surface area contributed by atoms with Crippen LogP contribution in [-0.4, -0.2) is 9.97 Å². The Bertz CT molecular complexity index is 591. The summed E-state index contributed by atoms with van der Waals surface area (Å²) in [6, 6.07) is 8.00. The fourth-order valence-electron chi connectivity index (χ4n) is 1.65. The number of ether oxygens (including phenoxy) is 1. The third-order valence-electron chi connectivity index (χ3n) is 2.89. The van der Waals surface area contributed by atoms with Crippen molar-refractivity contribution in [1.82, 2.24) is 9.97 Å². The maximum atomic E-state index is 5.95. The fourth-order valence-corrected chi connectivity index (χ4v) is 1.78. The monoisotopic (exact) mass is 276 g/mol. The number of rotatable bonds is 2. The van der Waals surface area contributed by atoms with Gasteiger partial charge in [0.1, 0.15) is 17.2 Å². The molecule has 0 fully saturated rings. The molecule has 2 aromatic rings. The second kappa shape index (κ2) is 5.17. The van der Waals surface area contributed by atoms with Crippen molar-refractivity contribution < 1.29 is 4.74 Å². The van der Waals surface area contributed by atoms with Crippen LogP contribution in [0.5, 0.6) is 11.6 Å². The van der Waals surface area contributed by atoms with Crippen molar-refractivity contribution >= 4 is 11.6 Å². The van der Waals surface area contributed by atoms with E-state index >= 15 is 0 Å². The molecule has 19 heavy (non-hydrogen) atoms. The second-order valence-electron chi connectivity index (χ2n) is 5.47. The normalized spacial score (nSPS) is 11.4. The largest absolute Gasteiger partial charge is 0.439 e. The molecule has 1 heterocycles. The average molecular weight is 277 g/mol. The lowest BCUT2D eigenvalue weighted by Gasteiger charge is -2.19. The van der Waals surface area contributed by atoms with Gasteiger partial charge in [-0.05, 0) is 30.0 Å². The van der Waals surface area contributed by atoms with Crippen molar-refractivity contribution in [3.8, 4) is 11.6 Å². The Kier molecular flexibility index (Phi) is 3.76. The van der Waals surface area contributed by atoms with Crippen LogP contribution in [-0.2, 0) is 5.41 Å². The maximum Gasteiger partial charge on any atom is 0.226 e. The molecule has 0 aliphatic carbocycles. The molecule has 0 aliphatic heterocycles. The van der Waals surface area contributed by atoms with E-state index in [1.165, 1.54) is 11.9 Å². The van der Waals surface area contributed by atoms with Crippen LogP contribution in [0.15, 0.2) is 30.6 Å². The smallest absolute Gasteiger partial charge is 0.226 e. The van der Waals surface area contributed by atoms with Gasteiger partial charge in [-0.2, -0.15) is 0 Å². The standard InChI is InChI=1S/C15H17ClN2O/c1-10-13(16)17-9-18-14(10)19-12-7-5-6-11(8-12)15(2,3)4/h5-9H,1-4H3. The van der Waals surface area contributed by atoms with E-state index in [1.54, 1.807) is 0 Å². The minimum atomic E-state index is 0.0811. The maximum absolute atomic E-state index is 5.95. The lowest BCUT2D eigenvalue weighted by molar-refractivity contribution is 0.454. The summed E-state index contributed by atoms with van der Waals surface area (Å²) in [4.78, 5) is 8.02. The highest BCUT2D eigenvalue weighted by atomic mass is 35.5. The molecule has 0 aliphatic rings. The minimum Gasteiger partial charge on any atom is -0.439 e. The lowest BCUT2D eigenvalue weighted by atomic mass is 9.87. The van der Waals surface area contributed by atoms with Gasteiger partial charge < -0.3 is 4.74 Å². The van der Waals surface area contributed by atoms with Gasteiger partial charge in [0.2, 0.25) is 5.88 Å². The number of hydrogen-bond donors (Lipinski definition) is 0. The fraction of sp³-hybridized carbons (Fsp3) is 0.333. The summed E-state index contributed by atoms with van der Waals surface area (Å²) in [7, 11) is 0. The van der Waals surface area contributed by atoms with Crippen LogP contribution in [0, 0.1) is 6.92 Å². The SMILES string of the molecule is Cc1c(Cl)ncnc1Oc1cccc(C(C)(C)C)c1. The van der Waals surface area contributed by atoms with E-state index in [4.69, 9.17) is 16.3 Å². The molecular formula is C15H17ClN2O. The van der Waals surface area contributed by atoms with Crippen LogP contribution in [0.1, 0.15) is 31.9 Å². The summed E-state index contributed by atoms with van der Waals surface area (Å²) < 4.78 is 5.79. The third kappa shape index (κ3) is 3.24. The highest BCUT2D eigenvalue weighted by Crippen LogP contribution is 2.29. The van der Waals surface area contributed by atoms with E-state index < -0.39 is 0 Å². The van der Waals surface area contributed by atoms with E-state index in [9.17, 15) is 0 Å². The predicted molar refractivity (Wildman–Crippen MR) is 77.0 cm³/mol. The topological polar surface area (TPSA) is 35.0 Å². The molecule has 1 aromatic carbocycles. The molecule has 0 saturated carbocycles. The molecule has 0 N–H and O–H groups in total. The molecule has 0 unspecified atom stereocenters. The molecule has 0 atom stereocenters. The Morgan fingerprint density at radius 1 is 1.16 bits per heavy atom. The zero-order chi connectivity index (χ0) is 14.0. The first kappa shape index (κ1) is 13.8. The van der Waals surface area contributed by atoms with Crippen LogP contribution in [0.25, 0.3) is 0 Å². The molecule has 1 aromatic heterocycles. The van der Waals surface area contributed by atoms with Crippen molar-refractivity contribution in [3.05, 3.63) is 46.9 Å². The number of aromatic nitrogens is 2. The highest BCUT2D eigenvalue weighted by Gasteiger charge is 2.15. The van der Waals surface area contributed by atoms with Gasteiger partial charge in [-0.15, -0.1) is 0 Å². The highest BCUT2D eigenvalue weighted by molar-refractivity contribution is 6.30. The molecule has 0 amide bonds. The van der Waals surface area contributed by atoms with E-state index in [1.807, 2.05) is 25.1 Å². The van der Waals surface area contributed by atoms with Crippen LogP contribution >= 0.6 is 11.6 Å². The van der Waals surface area contributed by atoms with E-state index in [0.717, 1.165) is 11.3 Å². The Morgan fingerprint density at radius 2 is 1.89 bits per heavy atom. The van der Waals surface area contributed by atoms with Gasteiger partial charge in [0, 0.05) is 5.56 Å². The molecule has 0 radical (unpaired) electrons. The first-order valence-electron chi connectivity index (χ1n) is 6.13. The average Bonchev–Trinajstić information content (AvgIpc) is 2.34. The number of benzene rings is 1. The molecule has 3 nitrogen and oxygen atoms in total. The summed E-state index contributed by atoms with van der Waals surface area (Å²) in [5, 5.41) is 0.414. The van der Waals surface area contributed by atoms with Crippen LogP contribution < -0.4 is 4.74 Å². The molecule has 0 bridgehead atoms. The minimum absolute atomic E-state index is 0.0811. The molecule has 0 saturated heterocycles. The summed E-state index contributed by atoms with van der Waals surface area (Å²) in [5.41, 5.74) is 2.03. The molecule has 4 heteroatoms. The molecule has 100 valence electrons. The molecular weight excluding hydrogens is 260 g/mol. The predicted octanol–water partition coefficient (Wildman–Crippen LogP) is 4.53. The van der Waals surface area contributed by atoms with E-state index in [0.29, 0.717) is 11.0 Å². The Labute approximate surface area is 118 Å². The van der Waals surface area contributed by atoms with Gasteiger partial charge in [0.25, 0.3) is 0 Å². The summed E-state index contributed by atoms with van der Waals surface area (Å²) in [6.07, 6.45) is 1.40. The van der Waals surface area contributed by atoms with E-state index in [2.05, 4.69) is 36.8 Å². The zero-order valence-electron chi connectivity index (χ0n) is 11.6. The van der Waals surface area contributed by atoms with Crippen molar-refractivity contribution in [2.75, 3.05) is 0 Å². The van der Waals surface area contributed by atoms with Crippen molar-refractivity contribution in [2.45, 2.75) is 33.1 Å². The summed E-state index contributed by atoms with van der Waals surface area (Å²) in [5.74, 6) is 1.25. The first-order chi connectivity index (χ1) is 8.88. The number of hydrogen-bond acceptors (Lipinski definition) is 3. The van der Waals surface area contributed by atoms with Gasteiger partial charge in [-0.3, -0.25) is 0 Å². The number of nitrogens with zero attached hydrogens (tertiary/aromatic N) is 2. The quantitative estimate of drug-likeness (QED) is 0.756. The zero-order valence-corrected chi connectivity index (χ0v) is 12.3. The van der Waals surface area contributed by atoms with Crippen LogP contribution in [0.2, 0.25) is 5.15 Å². The van der Waals surface area contributed by atoms with E-state index in [-0.39, 0.29) is 5.41 Å². The van der Waals surface area contributed by atoms with Gasteiger partial charge >= 0.3 is 0 Å². The van der Waals surface area contributed by atoms with Gasteiger partial charge in [-0.25, -0.2) is 9.97 Å². The van der Waals surface area contributed by atoms with Crippen LogP contribution in [0.4, 0.5) is 0 Å². The Balaban J connectivity index is 2.31. The van der Waals surface area contributed by atoms with Crippen molar-refractivity contribution in [1.29, 1.82) is 0 Å². The van der Waals surface area contributed by atoms with Crippen molar-refractivity contribution in [3.63, 3.8) is 0 Å². The van der Waals surface area contributed by atoms with Gasteiger partial charge in [-0.1, -0.05) is 44.5 Å². The van der Waals surface area contributed by atoms with Crippen LogP contribution in [0.3, 0.4) is 0 Å². The summed E-state index contributed by atoms with van der Waals surface area (Å²) in [6.45, 7) is 8.34. The van der Waals surface area contributed by atoms with Gasteiger partial charge in [0.05, 0.1) is 0 Å². The Morgan fingerprint density at radius 3 is 2.58 bits per heavy atom. The van der Waals surface area contributed by atoms with Crippen molar-refractivity contribution in [2.24, 2.45) is 0 Å². The summed E-state index contributed by atoms with van der Waals surface area (Å²) >= 11 is 5.95.